The number of aryl methyl sites for hydroxylation is 1. The molecule has 5 nitrogen and oxygen atoms in total. The Morgan fingerprint density at radius 3 is 2.58 bits per heavy atom. The van der Waals surface area contributed by atoms with Gasteiger partial charge in [0.25, 0.3) is 5.91 Å². The number of carbonyl (C=O) groups is 1. The number of nitrogens with two attached hydrogens (primary N) is 1. The Balaban J connectivity index is 0.000000158. The van der Waals surface area contributed by atoms with E-state index in [-0.39, 0.29) is 6.61 Å². The van der Waals surface area contributed by atoms with Crippen molar-refractivity contribution < 1.29 is 14.6 Å². The number of aromatic amines is 1. The van der Waals surface area contributed by atoms with Gasteiger partial charge < -0.3 is 20.6 Å². The van der Waals surface area contributed by atoms with E-state index in [0.717, 1.165) is 36.0 Å². The van der Waals surface area contributed by atoms with Gasteiger partial charge in [-0.2, -0.15) is 0 Å². The van der Waals surface area contributed by atoms with Crippen molar-refractivity contribution in [2.45, 2.75) is 19.3 Å². The Kier molecular flexibility index (Phi) is 6.34. The fourth-order valence-electron chi connectivity index (χ4n) is 3.90. The van der Waals surface area contributed by atoms with Gasteiger partial charge in [-0.25, -0.2) is 0 Å². The van der Waals surface area contributed by atoms with Crippen molar-refractivity contribution in [3.63, 3.8) is 0 Å². The third-order valence-corrected chi connectivity index (χ3v) is 5.44. The molecule has 158 valence electrons. The van der Waals surface area contributed by atoms with Gasteiger partial charge in [0, 0.05) is 30.1 Å². The minimum Gasteiger partial charge on any atom is -0.492 e. The molecule has 1 aromatic heterocycles. The van der Waals surface area contributed by atoms with Gasteiger partial charge in [0.15, 0.2) is 0 Å². The van der Waals surface area contributed by atoms with E-state index in [1.165, 1.54) is 16.5 Å². The van der Waals surface area contributed by atoms with E-state index in [0.29, 0.717) is 17.9 Å². The summed E-state index contributed by atoms with van der Waals surface area (Å²) in [5.41, 5.74) is 11.5. The lowest BCUT2D eigenvalue weighted by atomic mass is 9.98. The van der Waals surface area contributed by atoms with Gasteiger partial charge in [-0.3, -0.25) is 4.79 Å². The van der Waals surface area contributed by atoms with E-state index in [9.17, 15) is 4.79 Å². The molecule has 0 fully saturated rings. The molecule has 5 heteroatoms. The first kappa shape index (κ1) is 20.7. The molecule has 0 spiro atoms. The normalized spacial score (nSPS) is 12.0. The molecule has 1 aliphatic heterocycles. The molecule has 4 aromatic rings. The first-order chi connectivity index (χ1) is 15.2. The molecule has 0 aliphatic carbocycles. The number of primary amides is 1. The quantitative estimate of drug-likeness (QED) is 0.450. The molecular weight excluding hydrogens is 388 g/mol. The van der Waals surface area contributed by atoms with E-state index in [2.05, 4.69) is 23.2 Å². The molecule has 4 N–H and O–H groups in total. The average molecular weight is 415 g/mol. The van der Waals surface area contributed by atoms with Crippen LogP contribution in [0, 0.1) is 0 Å². The molecule has 0 bridgehead atoms. The number of amides is 1. The van der Waals surface area contributed by atoms with Gasteiger partial charge in [0.2, 0.25) is 0 Å². The number of aliphatic hydroxyl groups is 1. The number of para-hydroxylation sites is 1. The number of benzene rings is 3. The third kappa shape index (κ3) is 4.62. The molecular formula is C26H26N2O3. The monoisotopic (exact) mass is 414 g/mol. The van der Waals surface area contributed by atoms with E-state index in [1.807, 2.05) is 54.7 Å². The minimum atomic E-state index is -0.439. The van der Waals surface area contributed by atoms with Crippen LogP contribution in [0.15, 0.2) is 72.9 Å². The van der Waals surface area contributed by atoms with Gasteiger partial charge in [0.1, 0.15) is 5.75 Å². The van der Waals surface area contributed by atoms with Crippen molar-refractivity contribution in [1.82, 2.24) is 4.98 Å². The van der Waals surface area contributed by atoms with Gasteiger partial charge in [-0.1, -0.05) is 48.5 Å². The Morgan fingerprint density at radius 1 is 1.03 bits per heavy atom. The van der Waals surface area contributed by atoms with E-state index in [1.54, 1.807) is 0 Å². The van der Waals surface area contributed by atoms with Crippen molar-refractivity contribution in [2.24, 2.45) is 5.73 Å². The van der Waals surface area contributed by atoms with Crippen molar-refractivity contribution >= 4 is 16.8 Å². The molecule has 0 atom stereocenters. The zero-order chi connectivity index (χ0) is 21.6. The summed E-state index contributed by atoms with van der Waals surface area (Å²) in [6.45, 7) is 0.882. The van der Waals surface area contributed by atoms with Crippen LogP contribution in [0.4, 0.5) is 0 Å². The Labute approximate surface area is 181 Å². The highest BCUT2D eigenvalue weighted by molar-refractivity contribution is 5.97. The van der Waals surface area contributed by atoms with Gasteiger partial charge in [0.05, 0.1) is 12.2 Å². The van der Waals surface area contributed by atoms with E-state index >= 15 is 0 Å². The highest BCUT2D eigenvalue weighted by Gasteiger charge is 2.21. The molecule has 0 radical (unpaired) electrons. The van der Waals surface area contributed by atoms with Crippen LogP contribution in [0.5, 0.6) is 5.75 Å². The number of nitrogens with one attached hydrogen (secondary N) is 1. The Hall–Kier alpha value is -3.57. The largest absolute Gasteiger partial charge is 0.492 e. The highest BCUT2D eigenvalue weighted by atomic mass is 16.5. The summed E-state index contributed by atoms with van der Waals surface area (Å²) in [5, 5.41) is 10.0. The molecule has 0 saturated heterocycles. The molecule has 5 rings (SSSR count). The number of ether oxygens (including phenoxy) is 1. The first-order valence-electron chi connectivity index (χ1n) is 10.5. The predicted molar refractivity (Wildman–Crippen MR) is 123 cm³/mol. The summed E-state index contributed by atoms with van der Waals surface area (Å²) in [5.74, 6) is 0.216. The summed E-state index contributed by atoms with van der Waals surface area (Å²) in [6.07, 6.45) is 4.64. The molecule has 0 unspecified atom stereocenters. The minimum absolute atomic E-state index is 0.263. The van der Waals surface area contributed by atoms with Crippen LogP contribution in [0.25, 0.3) is 22.0 Å². The van der Waals surface area contributed by atoms with Crippen LogP contribution in [0.2, 0.25) is 0 Å². The van der Waals surface area contributed by atoms with E-state index < -0.39 is 5.91 Å². The van der Waals surface area contributed by atoms with E-state index in [4.69, 9.17) is 15.6 Å². The Bertz CT molecular complexity index is 1180. The average Bonchev–Trinajstić information content (AvgIpc) is 3.45. The number of hydrogen-bond acceptors (Lipinski definition) is 3. The first-order valence-corrected chi connectivity index (χ1v) is 10.5. The summed E-state index contributed by atoms with van der Waals surface area (Å²) in [7, 11) is 0. The fraction of sp³-hybridized carbons (Fsp3) is 0.192. The zero-order valence-electron chi connectivity index (χ0n) is 17.3. The molecule has 1 amide bonds. The maximum absolute atomic E-state index is 11.5. The third-order valence-electron chi connectivity index (χ3n) is 5.44. The van der Waals surface area contributed by atoms with Crippen molar-refractivity contribution in [3.05, 3.63) is 89.6 Å². The van der Waals surface area contributed by atoms with Crippen LogP contribution < -0.4 is 10.5 Å². The van der Waals surface area contributed by atoms with Crippen molar-refractivity contribution in [1.29, 1.82) is 0 Å². The summed E-state index contributed by atoms with van der Waals surface area (Å²) < 4.78 is 5.48. The number of H-pyrrole nitrogens is 1. The number of hydrogen-bond donors (Lipinski definition) is 3. The lowest BCUT2D eigenvalue weighted by molar-refractivity contribution is 0.0997. The summed E-state index contributed by atoms with van der Waals surface area (Å²) >= 11 is 0. The highest BCUT2D eigenvalue weighted by Crippen LogP contribution is 2.34. The topological polar surface area (TPSA) is 88.3 Å². The lowest BCUT2D eigenvalue weighted by Crippen LogP contribution is -2.12. The predicted octanol–water partition coefficient (Wildman–Crippen LogP) is 4.48. The number of rotatable bonds is 5. The Morgan fingerprint density at radius 2 is 1.81 bits per heavy atom. The number of aliphatic hydroxyl groups excluding tert-OH is 1. The number of aromatic nitrogens is 1. The van der Waals surface area contributed by atoms with Crippen molar-refractivity contribution in [3.8, 4) is 16.9 Å². The maximum Gasteiger partial charge on any atom is 0.252 e. The fourth-order valence-corrected chi connectivity index (χ4v) is 3.90. The van der Waals surface area contributed by atoms with Crippen molar-refractivity contribution in [2.75, 3.05) is 13.2 Å². The lowest BCUT2D eigenvalue weighted by Gasteiger charge is -2.09. The summed E-state index contributed by atoms with van der Waals surface area (Å²) in [4.78, 5) is 14.7. The molecule has 2 heterocycles. The number of carbonyl (C=O) groups excluding carboxylic acids is 1. The van der Waals surface area contributed by atoms with Crippen LogP contribution in [0.3, 0.4) is 0 Å². The van der Waals surface area contributed by atoms with Gasteiger partial charge in [-0.05, 0) is 53.3 Å². The van der Waals surface area contributed by atoms with Crippen LogP contribution in [0.1, 0.15) is 27.9 Å². The van der Waals surface area contributed by atoms with Crippen LogP contribution in [-0.4, -0.2) is 29.2 Å². The van der Waals surface area contributed by atoms with Gasteiger partial charge >= 0.3 is 0 Å². The smallest absolute Gasteiger partial charge is 0.252 e. The summed E-state index contributed by atoms with van der Waals surface area (Å²) in [6, 6.07) is 22.1. The second-order valence-corrected chi connectivity index (χ2v) is 7.53. The standard InChI is InChI=1S/C15H13NO2.C11H13NO/c16-15(17)13-9-12(10-4-2-1-3-5-10)8-11-6-7-18-14(11)13;13-7-3-4-9-8-12-11-6-2-1-5-10(9)11/h1-5,8-9H,6-7H2,(H2,16,17);1-2,5-6,8,12-13H,3-4,7H2. The van der Waals surface area contributed by atoms with Crippen LogP contribution >= 0.6 is 0 Å². The second kappa shape index (κ2) is 9.49. The second-order valence-electron chi connectivity index (χ2n) is 7.53. The zero-order valence-corrected chi connectivity index (χ0v) is 17.3. The molecule has 0 saturated carbocycles. The molecule has 3 aromatic carbocycles. The molecule has 31 heavy (non-hydrogen) atoms. The number of fused-ring (bicyclic) bond motifs is 2. The molecule has 1 aliphatic rings. The van der Waals surface area contributed by atoms with Crippen LogP contribution in [-0.2, 0) is 12.8 Å². The van der Waals surface area contributed by atoms with Gasteiger partial charge in [-0.15, -0.1) is 0 Å². The maximum atomic E-state index is 11.5. The SMILES string of the molecule is NC(=O)c1cc(-c2ccccc2)cc2c1OCC2.OCCCc1c[nH]c2ccccc12.